The molecule has 0 saturated carbocycles. The SMILES string of the molecule is COCCCCCNc1nc(C(=O)O)cc2ccccc12. The molecule has 0 unspecified atom stereocenters. The number of carbonyl (C=O) groups is 1. The molecule has 0 bridgehead atoms. The quantitative estimate of drug-likeness (QED) is 0.730. The van der Waals surface area contributed by atoms with Gasteiger partial charge in [-0.05, 0) is 30.7 Å². The summed E-state index contributed by atoms with van der Waals surface area (Å²) in [4.78, 5) is 15.3. The Kier molecular flexibility index (Phi) is 5.51. The topological polar surface area (TPSA) is 71.5 Å². The largest absolute Gasteiger partial charge is 0.477 e. The number of hydrogen-bond acceptors (Lipinski definition) is 4. The number of nitrogens with zero attached hydrogens (tertiary/aromatic N) is 1. The first-order valence-corrected chi connectivity index (χ1v) is 7.08. The van der Waals surface area contributed by atoms with Gasteiger partial charge in [-0.15, -0.1) is 0 Å². The molecule has 0 fully saturated rings. The Bertz CT molecular complexity index is 613. The first-order chi connectivity index (χ1) is 10.2. The third kappa shape index (κ3) is 4.16. The predicted octanol–water partition coefficient (Wildman–Crippen LogP) is 3.16. The van der Waals surface area contributed by atoms with Gasteiger partial charge in [-0.3, -0.25) is 0 Å². The lowest BCUT2D eigenvalue weighted by atomic mass is 10.1. The van der Waals surface area contributed by atoms with Crippen LogP contribution in [-0.2, 0) is 4.74 Å². The summed E-state index contributed by atoms with van der Waals surface area (Å²) in [5.41, 5.74) is 0.0654. The van der Waals surface area contributed by atoms with Crippen molar-refractivity contribution < 1.29 is 14.6 Å². The lowest BCUT2D eigenvalue weighted by molar-refractivity contribution is 0.0691. The van der Waals surface area contributed by atoms with Gasteiger partial charge in [0.2, 0.25) is 0 Å². The van der Waals surface area contributed by atoms with Crippen LogP contribution in [0, 0.1) is 0 Å². The highest BCUT2D eigenvalue weighted by Gasteiger charge is 2.10. The van der Waals surface area contributed by atoms with Crippen LogP contribution in [0.4, 0.5) is 5.82 Å². The highest BCUT2D eigenvalue weighted by molar-refractivity contribution is 5.97. The van der Waals surface area contributed by atoms with Crippen molar-refractivity contribution >= 4 is 22.6 Å². The zero-order chi connectivity index (χ0) is 15.1. The molecule has 5 heteroatoms. The average Bonchev–Trinajstić information content (AvgIpc) is 2.50. The fourth-order valence-corrected chi connectivity index (χ4v) is 2.20. The summed E-state index contributed by atoms with van der Waals surface area (Å²) in [6, 6.07) is 9.26. The van der Waals surface area contributed by atoms with Crippen LogP contribution in [0.2, 0.25) is 0 Å². The molecule has 2 rings (SSSR count). The lowest BCUT2D eigenvalue weighted by Crippen LogP contribution is -2.08. The molecule has 2 N–H and O–H groups in total. The Balaban J connectivity index is 2.08. The smallest absolute Gasteiger partial charge is 0.354 e. The number of ether oxygens (including phenoxy) is 1. The molecule has 0 atom stereocenters. The number of rotatable bonds is 8. The molecular formula is C16H20N2O3. The van der Waals surface area contributed by atoms with Gasteiger partial charge in [0.05, 0.1) is 0 Å². The molecule has 0 aliphatic heterocycles. The summed E-state index contributed by atoms with van der Waals surface area (Å²) in [6.07, 6.45) is 3.09. The van der Waals surface area contributed by atoms with Crippen LogP contribution in [0.3, 0.4) is 0 Å². The number of aromatic nitrogens is 1. The minimum Gasteiger partial charge on any atom is -0.477 e. The number of benzene rings is 1. The molecule has 2 aromatic rings. The third-order valence-corrected chi connectivity index (χ3v) is 3.28. The second-order valence-corrected chi connectivity index (χ2v) is 4.86. The summed E-state index contributed by atoms with van der Waals surface area (Å²) in [5, 5.41) is 14.2. The molecular weight excluding hydrogens is 268 g/mol. The molecule has 0 aliphatic carbocycles. The molecule has 0 saturated heterocycles. The van der Waals surface area contributed by atoms with Crippen molar-refractivity contribution in [2.45, 2.75) is 19.3 Å². The second kappa shape index (κ2) is 7.59. The number of carboxylic acid groups (broad SMARTS) is 1. The molecule has 112 valence electrons. The maximum Gasteiger partial charge on any atom is 0.354 e. The van der Waals surface area contributed by atoms with Gasteiger partial charge in [0.25, 0.3) is 0 Å². The number of hydrogen-bond donors (Lipinski definition) is 2. The second-order valence-electron chi connectivity index (χ2n) is 4.86. The average molecular weight is 288 g/mol. The van der Waals surface area contributed by atoms with E-state index in [4.69, 9.17) is 9.84 Å². The van der Waals surface area contributed by atoms with Gasteiger partial charge >= 0.3 is 5.97 Å². The van der Waals surface area contributed by atoms with Crippen LogP contribution in [-0.4, -0.2) is 36.3 Å². The molecule has 0 spiro atoms. The number of fused-ring (bicyclic) bond motifs is 1. The highest BCUT2D eigenvalue weighted by atomic mass is 16.5. The van der Waals surface area contributed by atoms with Crippen molar-refractivity contribution in [2.75, 3.05) is 25.6 Å². The summed E-state index contributed by atoms with van der Waals surface area (Å²) in [7, 11) is 1.70. The van der Waals surface area contributed by atoms with Crippen LogP contribution in [0.25, 0.3) is 10.8 Å². The molecule has 21 heavy (non-hydrogen) atoms. The van der Waals surface area contributed by atoms with Crippen molar-refractivity contribution in [1.82, 2.24) is 4.98 Å². The van der Waals surface area contributed by atoms with E-state index in [2.05, 4.69) is 10.3 Å². The van der Waals surface area contributed by atoms with E-state index in [-0.39, 0.29) is 5.69 Å². The summed E-state index contributed by atoms with van der Waals surface area (Å²) in [6.45, 7) is 1.54. The van der Waals surface area contributed by atoms with E-state index in [0.717, 1.165) is 43.2 Å². The van der Waals surface area contributed by atoms with E-state index >= 15 is 0 Å². The van der Waals surface area contributed by atoms with Crippen molar-refractivity contribution in [3.05, 3.63) is 36.0 Å². The first kappa shape index (κ1) is 15.3. The zero-order valence-electron chi connectivity index (χ0n) is 12.1. The van der Waals surface area contributed by atoms with Gasteiger partial charge in [-0.2, -0.15) is 0 Å². The van der Waals surface area contributed by atoms with Crippen molar-refractivity contribution in [1.29, 1.82) is 0 Å². The lowest BCUT2D eigenvalue weighted by Gasteiger charge is -2.10. The molecule has 1 aromatic carbocycles. The maximum atomic E-state index is 11.1. The van der Waals surface area contributed by atoms with E-state index in [9.17, 15) is 4.79 Å². The van der Waals surface area contributed by atoms with Crippen molar-refractivity contribution in [3.63, 3.8) is 0 Å². The number of carboxylic acids is 1. The van der Waals surface area contributed by atoms with E-state index in [0.29, 0.717) is 5.82 Å². The number of anilines is 1. The summed E-state index contributed by atoms with van der Waals surface area (Å²) >= 11 is 0. The van der Waals surface area contributed by atoms with Gasteiger partial charge in [-0.25, -0.2) is 9.78 Å². The van der Waals surface area contributed by atoms with E-state index in [1.807, 2.05) is 24.3 Å². The molecule has 0 radical (unpaired) electrons. The Hall–Kier alpha value is -2.14. The van der Waals surface area contributed by atoms with Gasteiger partial charge in [0, 0.05) is 25.6 Å². The van der Waals surface area contributed by atoms with E-state index in [1.54, 1.807) is 13.2 Å². The van der Waals surface area contributed by atoms with Crippen LogP contribution >= 0.6 is 0 Å². The Labute approximate surface area is 124 Å². The predicted molar refractivity (Wildman–Crippen MR) is 82.9 cm³/mol. The first-order valence-electron chi connectivity index (χ1n) is 7.08. The molecule has 1 aromatic heterocycles. The Morgan fingerprint density at radius 1 is 1.29 bits per heavy atom. The Morgan fingerprint density at radius 3 is 2.86 bits per heavy atom. The molecule has 0 aliphatic rings. The Morgan fingerprint density at radius 2 is 2.10 bits per heavy atom. The van der Waals surface area contributed by atoms with Crippen LogP contribution < -0.4 is 5.32 Å². The number of pyridine rings is 1. The van der Waals surface area contributed by atoms with Crippen LogP contribution in [0.5, 0.6) is 0 Å². The van der Waals surface area contributed by atoms with Gasteiger partial charge in [-0.1, -0.05) is 24.3 Å². The van der Waals surface area contributed by atoms with Crippen LogP contribution in [0.15, 0.2) is 30.3 Å². The van der Waals surface area contributed by atoms with Gasteiger partial charge in [0.1, 0.15) is 5.82 Å². The highest BCUT2D eigenvalue weighted by Crippen LogP contribution is 2.22. The van der Waals surface area contributed by atoms with Gasteiger partial charge in [0.15, 0.2) is 5.69 Å². The standard InChI is InChI=1S/C16H20N2O3/c1-21-10-6-2-5-9-17-15-13-8-4-3-7-12(13)11-14(18-15)16(19)20/h3-4,7-8,11H,2,5-6,9-10H2,1H3,(H,17,18)(H,19,20). The zero-order valence-corrected chi connectivity index (χ0v) is 12.1. The summed E-state index contributed by atoms with van der Waals surface area (Å²) < 4.78 is 5.01. The fraction of sp³-hybridized carbons (Fsp3) is 0.375. The number of unbranched alkanes of at least 4 members (excludes halogenated alkanes) is 2. The number of nitrogens with one attached hydrogen (secondary N) is 1. The molecule has 0 amide bonds. The number of aromatic carboxylic acids is 1. The van der Waals surface area contributed by atoms with Crippen LogP contribution in [0.1, 0.15) is 29.8 Å². The monoisotopic (exact) mass is 288 g/mol. The minimum absolute atomic E-state index is 0.0654. The summed E-state index contributed by atoms with van der Waals surface area (Å²) in [5.74, 6) is -0.374. The maximum absolute atomic E-state index is 11.1. The van der Waals surface area contributed by atoms with E-state index < -0.39 is 5.97 Å². The van der Waals surface area contributed by atoms with Crippen molar-refractivity contribution in [2.24, 2.45) is 0 Å². The molecule has 1 heterocycles. The number of methoxy groups -OCH3 is 1. The van der Waals surface area contributed by atoms with Crippen molar-refractivity contribution in [3.8, 4) is 0 Å². The van der Waals surface area contributed by atoms with E-state index in [1.165, 1.54) is 0 Å². The third-order valence-electron chi connectivity index (χ3n) is 3.28. The van der Waals surface area contributed by atoms with Gasteiger partial charge < -0.3 is 15.2 Å². The fourth-order valence-electron chi connectivity index (χ4n) is 2.20. The molecule has 5 nitrogen and oxygen atoms in total. The minimum atomic E-state index is -1.01. The normalized spacial score (nSPS) is 10.7.